The maximum atomic E-state index is 4.76. The summed E-state index contributed by atoms with van der Waals surface area (Å²) in [7, 11) is 0. The highest BCUT2D eigenvalue weighted by molar-refractivity contribution is 5.78. The number of hydrogen-bond acceptors (Lipinski definition) is 3. The summed E-state index contributed by atoms with van der Waals surface area (Å²) in [5.41, 5.74) is 4.53. The molecule has 4 nitrogen and oxygen atoms in total. The van der Waals surface area contributed by atoms with E-state index < -0.39 is 0 Å². The molecule has 2 aromatic heterocycles. The highest BCUT2D eigenvalue weighted by Crippen LogP contribution is 2.21. The largest absolute Gasteiger partial charge is 0.351 e. The van der Waals surface area contributed by atoms with Crippen LogP contribution in [0.1, 0.15) is 11.1 Å². The summed E-state index contributed by atoms with van der Waals surface area (Å²) in [6.45, 7) is 1.49. The molecular formula is C20H18N4. The Morgan fingerprint density at radius 2 is 1.62 bits per heavy atom. The van der Waals surface area contributed by atoms with Crippen molar-refractivity contribution in [1.29, 1.82) is 0 Å². The first-order chi connectivity index (χ1) is 11.9. The smallest absolute Gasteiger partial charge is 0.204 e. The standard InChI is InChI=1S/C20H18N4/c1-2-7-16(8-3-1)15-24-19-11-5-4-10-18(19)23-20(24)22-14-17-9-6-12-21-13-17/h1-13H,14-15H2,(H,22,23). The first kappa shape index (κ1) is 14.5. The second-order valence-electron chi connectivity index (χ2n) is 5.71. The van der Waals surface area contributed by atoms with Gasteiger partial charge in [-0.25, -0.2) is 4.98 Å². The Morgan fingerprint density at radius 3 is 2.46 bits per heavy atom. The van der Waals surface area contributed by atoms with Crippen molar-refractivity contribution in [2.75, 3.05) is 5.32 Å². The molecule has 0 saturated heterocycles. The van der Waals surface area contributed by atoms with E-state index in [9.17, 15) is 0 Å². The number of benzene rings is 2. The van der Waals surface area contributed by atoms with E-state index in [2.05, 4.69) is 57.3 Å². The van der Waals surface area contributed by atoms with E-state index in [0.717, 1.165) is 29.1 Å². The van der Waals surface area contributed by atoms with Gasteiger partial charge in [0.05, 0.1) is 17.6 Å². The molecule has 4 rings (SSSR count). The lowest BCUT2D eigenvalue weighted by Gasteiger charge is -2.11. The third-order valence-corrected chi connectivity index (χ3v) is 4.01. The van der Waals surface area contributed by atoms with Crippen LogP contribution in [0.5, 0.6) is 0 Å². The predicted molar refractivity (Wildman–Crippen MR) is 96.8 cm³/mol. The summed E-state index contributed by atoms with van der Waals surface area (Å²) < 4.78 is 2.22. The van der Waals surface area contributed by atoms with Gasteiger partial charge in [-0.1, -0.05) is 48.5 Å². The molecule has 0 bridgehead atoms. The SMILES string of the molecule is c1ccc(Cn2c(NCc3cccnc3)nc3ccccc32)cc1. The minimum Gasteiger partial charge on any atom is -0.351 e. The number of hydrogen-bond donors (Lipinski definition) is 1. The van der Waals surface area contributed by atoms with E-state index in [1.165, 1.54) is 5.56 Å². The first-order valence-electron chi connectivity index (χ1n) is 8.02. The average molecular weight is 314 g/mol. The summed E-state index contributed by atoms with van der Waals surface area (Å²) in [6, 6.07) is 22.7. The van der Waals surface area contributed by atoms with Crippen LogP contribution >= 0.6 is 0 Å². The Bertz CT molecular complexity index is 930. The topological polar surface area (TPSA) is 42.7 Å². The molecule has 24 heavy (non-hydrogen) atoms. The van der Waals surface area contributed by atoms with Crippen molar-refractivity contribution in [3.05, 3.63) is 90.3 Å². The van der Waals surface area contributed by atoms with Gasteiger partial charge in [-0.2, -0.15) is 0 Å². The van der Waals surface area contributed by atoms with Crippen molar-refractivity contribution in [2.24, 2.45) is 0 Å². The highest BCUT2D eigenvalue weighted by Gasteiger charge is 2.10. The normalized spacial score (nSPS) is 10.8. The Morgan fingerprint density at radius 1 is 0.833 bits per heavy atom. The van der Waals surface area contributed by atoms with Gasteiger partial charge in [0.15, 0.2) is 0 Å². The molecule has 0 amide bonds. The number of imidazole rings is 1. The summed E-state index contributed by atoms with van der Waals surface area (Å²) in [4.78, 5) is 8.92. The molecule has 2 aromatic carbocycles. The molecule has 2 heterocycles. The van der Waals surface area contributed by atoms with Crippen LogP contribution in [-0.4, -0.2) is 14.5 Å². The van der Waals surface area contributed by atoms with Crippen LogP contribution < -0.4 is 5.32 Å². The molecule has 0 radical (unpaired) electrons. The molecule has 0 aliphatic carbocycles. The summed E-state index contributed by atoms with van der Waals surface area (Å²) in [6.07, 6.45) is 3.66. The van der Waals surface area contributed by atoms with Gasteiger partial charge in [0, 0.05) is 18.9 Å². The van der Waals surface area contributed by atoms with E-state index >= 15 is 0 Å². The molecular weight excluding hydrogens is 296 g/mol. The minimum absolute atomic E-state index is 0.700. The number of nitrogens with one attached hydrogen (secondary N) is 1. The lowest BCUT2D eigenvalue weighted by Crippen LogP contribution is -2.08. The first-order valence-corrected chi connectivity index (χ1v) is 8.02. The number of fused-ring (bicyclic) bond motifs is 1. The number of pyridine rings is 1. The van der Waals surface area contributed by atoms with E-state index in [4.69, 9.17) is 4.98 Å². The van der Waals surface area contributed by atoms with Crippen LogP contribution in [0.4, 0.5) is 5.95 Å². The molecule has 118 valence electrons. The van der Waals surface area contributed by atoms with Gasteiger partial charge in [0.2, 0.25) is 5.95 Å². The maximum absolute atomic E-state index is 4.76. The molecule has 0 atom stereocenters. The summed E-state index contributed by atoms with van der Waals surface area (Å²) in [5.74, 6) is 0.879. The zero-order valence-corrected chi connectivity index (χ0v) is 13.3. The van der Waals surface area contributed by atoms with E-state index in [0.29, 0.717) is 6.54 Å². The highest BCUT2D eigenvalue weighted by atomic mass is 15.2. The van der Waals surface area contributed by atoms with Gasteiger partial charge in [0.25, 0.3) is 0 Å². The van der Waals surface area contributed by atoms with Crippen molar-refractivity contribution < 1.29 is 0 Å². The lowest BCUT2D eigenvalue weighted by atomic mass is 10.2. The molecule has 0 unspecified atom stereocenters. The van der Waals surface area contributed by atoms with Crippen LogP contribution in [-0.2, 0) is 13.1 Å². The number of anilines is 1. The maximum Gasteiger partial charge on any atom is 0.204 e. The van der Waals surface area contributed by atoms with E-state index in [1.54, 1.807) is 6.20 Å². The Labute approximate surface area is 140 Å². The van der Waals surface area contributed by atoms with Crippen LogP contribution in [0.25, 0.3) is 11.0 Å². The number of para-hydroxylation sites is 2. The Kier molecular flexibility index (Phi) is 3.94. The van der Waals surface area contributed by atoms with Crippen LogP contribution in [0.3, 0.4) is 0 Å². The molecule has 4 aromatic rings. The molecule has 1 N–H and O–H groups in total. The molecule has 0 spiro atoms. The number of aromatic nitrogens is 3. The molecule has 4 heteroatoms. The third-order valence-electron chi connectivity index (χ3n) is 4.01. The van der Waals surface area contributed by atoms with Crippen molar-refractivity contribution >= 4 is 17.0 Å². The lowest BCUT2D eigenvalue weighted by molar-refractivity contribution is 0.822. The fraction of sp³-hybridized carbons (Fsp3) is 0.100. The van der Waals surface area contributed by atoms with Crippen molar-refractivity contribution in [3.8, 4) is 0 Å². The second kappa shape index (κ2) is 6.54. The second-order valence-corrected chi connectivity index (χ2v) is 5.71. The van der Waals surface area contributed by atoms with Gasteiger partial charge in [-0.05, 0) is 29.3 Å². The Balaban J connectivity index is 1.67. The van der Waals surface area contributed by atoms with Crippen LogP contribution in [0.2, 0.25) is 0 Å². The average Bonchev–Trinajstić information content (AvgIpc) is 2.99. The minimum atomic E-state index is 0.700. The Hall–Kier alpha value is -3.14. The molecule has 0 aliphatic heterocycles. The molecule has 0 fully saturated rings. The zero-order chi connectivity index (χ0) is 16.2. The van der Waals surface area contributed by atoms with Gasteiger partial charge >= 0.3 is 0 Å². The van der Waals surface area contributed by atoms with Crippen molar-refractivity contribution in [1.82, 2.24) is 14.5 Å². The molecule has 0 aliphatic rings. The van der Waals surface area contributed by atoms with Gasteiger partial charge in [-0.15, -0.1) is 0 Å². The summed E-state index contributed by atoms with van der Waals surface area (Å²) in [5, 5.41) is 3.45. The van der Waals surface area contributed by atoms with E-state index in [-0.39, 0.29) is 0 Å². The van der Waals surface area contributed by atoms with Crippen molar-refractivity contribution in [3.63, 3.8) is 0 Å². The quantitative estimate of drug-likeness (QED) is 0.603. The fourth-order valence-electron chi connectivity index (χ4n) is 2.82. The van der Waals surface area contributed by atoms with Gasteiger partial charge < -0.3 is 9.88 Å². The zero-order valence-electron chi connectivity index (χ0n) is 13.3. The number of rotatable bonds is 5. The van der Waals surface area contributed by atoms with Crippen LogP contribution in [0.15, 0.2) is 79.1 Å². The summed E-state index contributed by atoms with van der Waals surface area (Å²) >= 11 is 0. The molecule has 0 saturated carbocycles. The number of nitrogens with zero attached hydrogens (tertiary/aromatic N) is 3. The van der Waals surface area contributed by atoms with Crippen LogP contribution in [0, 0.1) is 0 Å². The monoisotopic (exact) mass is 314 g/mol. The third kappa shape index (κ3) is 2.99. The van der Waals surface area contributed by atoms with Gasteiger partial charge in [-0.3, -0.25) is 4.98 Å². The van der Waals surface area contributed by atoms with Gasteiger partial charge in [0.1, 0.15) is 0 Å². The fourth-order valence-corrected chi connectivity index (χ4v) is 2.82. The predicted octanol–water partition coefficient (Wildman–Crippen LogP) is 4.09. The van der Waals surface area contributed by atoms with E-state index in [1.807, 2.05) is 30.5 Å². The van der Waals surface area contributed by atoms with Crippen molar-refractivity contribution in [2.45, 2.75) is 13.1 Å².